The Hall–Kier alpha value is -3.26. The van der Waals surface area contributed by atoms with Crippen molar-refractivity contribution in [3.05, 3.63) is 117 Å². The molecule has 0 nitrogen and oxygen atoms in total. The number of fused-ring (bicyclic) bond motifs is 6. The van der Waals surface area contributed by atoms with Crippen LogP contribution in [0.2, 0.25) is 0 Å². The molecular weight excluding hydrogens is 506 g/mol. The molecule has 0 aliphatic heterocycles. The van der Waals surface area contributed by atoms with E-state index in [1.807, 2.05) is 52.0 Å². The zero-order chi connectivity index (χ0) is 29.6. The van der Waals surface area contributed by atoms with Crippen molar-refractivity contribution in [2.75, 3.05) is 0 Å². The first-order chi connectivity index (χ1) is 19.4. The van der Waals surface area contributed by atoms with Crippen LogP contribution in [0.25, 0.3) is 22.3 Å². The first kappa shape index (κ1) is 29.2. The second-order valence-electron chi connectivity index (χ2n) is 13.1. The van der Waals surface area contributed by atoms with Crippen LogP contribution >= 0.6 is 0 Å². The number of hydrogen-bond acceptors (Lipinski definition) is 0. The molecule has 2 aliphatic rings. The number of hydrogen-bond donors (Lipinski definition) is 0. The van der Waals surface area contributed by atoms with E-state index in [-0.39, 0.29) is 23.0 Å². The summed E-state index contributed by atoms with van der Waals surface area (Å²) in [6, 6.07) is 25.1. The van der Waals surface area contributed by atoms with Crippen molar-refractivity contribution in [3.8, 4) is 22.3 Å². The largest absolute Gasteiger partial charge is 0.299 e. The van der Waals surface area contributed by atoms with Gasteiger partial charge in [-0.05, 0) is 104 Å². The minimum atomic E-state index is -2.89. The lowest BCUT2D eigenvalue weighted by molar-refractivity contribution is 0.0478. The number of rotatable bonds is 4. The first-order valence-electron chi connectivity index (χ1n) is 15.3. The van der Waals surface area contributed by atoms with E-state index in [1.54, 1.807) is 12.1 Å². The molecule has 0 saturated carbocycles. The van der Waals surface area contributed by atoms with Gasteiger partial charge in [0.05, 0.1) is 0 Å². The summed E-state index contributed by atoms with van der Waals surface area (Å²) in [5, 5.41) is 0. The molecule has 4 aromatic carbocycles. The molecular formula is C39H44F2. The molecule has 0 saturated heterocycles. The van der Waals surface area contributed by atoms with Crippen molar-refractivity contribution in [1.29, 1.82) is 0 Å². The molecule has 0 bridgehead atoms. The van der Waals surface area contributed by atoms with Crippen molar-refractivity contribution in [2.45, 2.75) is 97.8 Å². The van der Waals surface area contributed by atoms with Crippen LogP contribution in [0, 0.1) is 0 Å². The smallest absolute Gasteiger partial charge is 0.196 e. The number of benzene rings is 4. The first-order valence-corrected chi connectivity index (χ1v) is 15.3. The third-order valence-corrected chi connectivity index (χ3v) is 8.93. The molecule has 6 rings (SSSR count). The van der Waals surface area contributed by atoms with Gasteiger partial charge in [-0.25, -0.2) is 0 Å². The Balaban J connectivity index is 0.000000165. The molecule has 0 amide bonds. The van der Waals surface area contributed by atoms with Crippen molar-refractivity contribution >= 4 is 0 Å². The van der Waals surface area contributed by atoms with Gasteiger partial charge in [0.25, 0.3) is 5.92 Å². The molecule has 0 heterocycles. The van der Waals surface area contributed by atoms with Crippen LogP contribution < -0.4 is 0 Å². The summed E-state index contributed by atoms with van der Waals surface area (Å²) >= 11 is 0. The van der Waals surface area contributed by atoms with Gasteiger partial charge in [0.2, 0.25) is 0 Å². The van der Waals surface area contributed by atoms with E-state index >= 15 is 0 Å². The van der Waals surface area contributed by atoms with Crippen LogP contribution in [0.4, 0.5) is 8.78 Å². The Morgan fingerprint density at radius 3 is 1.05 bits per heavy atom. The SMILES string of the molecule is CC(C)c1ccc2c(c1)C(F)(F)c1cc(C(C)C)ccc1-2.CC(C)c1ccc2c(c1)CCc1cc(C(C)C)ccc1-2. The summed E-state index contributed by atoms with van der Waals surface area (Å²) in [7, 11) is 0. The predicted octanol–water partition coefficient (Wildman–Crippen LogP) is 11.8. The van der Waals surface area contributed by atoms with Crippen molar-refractivity contribution in [1.82, 2.24) is 0 Å². The zero-order valence-electron chi connectivity index (χ0n) is 25.9. The highest BCUT2D eigenvalue weighted by Crippen LogP contribution is 2.52. The summed E-state index contributed by atoms with van der Waals surface area (Å²) < 4.78 is 29.6. The van der Waals surface area contributed by atoms with E-state index in [1.165, 1.54) is 46.2 Å². The van der Waals surface area contributed by atoms with Gasteiger partial charge in [-0.1, -0.05) is 116 Å². The molecule has 0 N–H and O–H groups in total. The Morgan fingerprint density at radius 2 is 0.732 bits per heavy atom. The molecule has 0 unspecified atom stereocenters. The fraction of sp³-hybridized carbons (Fsp3) is 0.385. The van der Waals surface area contributed by atoms with Crippen molar-refractivity contribution in [2.24, 2.45) is 0 Å². The number of aryl methyl sites for hydroxylation is 2. The van der Waals surface area contributed by atoms with Crippen LogP contribution in [-0.2, 0) is 18.8 Å². The van der Waals surface area contributed by atoms with E-state index in [4.69, 9.17) is 0 Å². The van der Waals surface area contributed by atoms with E-state index in [9.17, 15) is 8.78 Å². The summed E-state index contributed by atoms with van der Waals surface area (Å²) in [6.45, 7) is 17.2. The highest BCUT2D eigenvalue weighted by atomic mass is 19.3. The molecule has 2 heteroatoms. The van der Waals surface area contributed by atoms with E-state index < -0.39 is 5.92 Å². The lowest BCUT2D eigenvalue weighted by atomic mass is 9.82. The molecule has 41 heavy (non-hydrogen) atoms. The fourth-order valence-corrected chi connectivity index (χ4v) is 6.13. The monoisotopic (exact) mass is 550 g/mol. The Kier molecular flexibility index (Phi) is 7.99. The zero-order valence-corrected chi connectivity index (χ0v) is 25.9. The molecule has 214 valence electrons. The third-order valence-electron chi connectivity index (χ3n) is 8.93. The maximum atomic E-state index is 14.8. The fourth-order valence-electron chi connectivity index (χ4n) is 6.13. The van der Waals surface area contributed by atoms with Gasteiger partial charge in [-0.15, -0.1) is 0 Å². The Labute approximate surface area is 245 Å². The predicted molar refractivity (Wildman–Crippen MR) is 171 cm³/mol. The molecule has 2 aliphatic carbocycles. The second kappa shape index (κ2) is 11.2. The molecule has 0 radical (unpaired) electrons. The highest BCUT2D eigenvalue weighted by Gasteiger charge is 2.44. The van der Waals surface area contributed by atoms with Gasteiger partial charge < -0.3 is 0 Å². The number of alkyl halides is 2. The molecule has 4 aromatic rings. The van der Waals surface area contributed by atoms with E-state index in [0.717, 1.165) is 11.1 Å². The maximum absolute atomic E-state index is 14.8. The summed E-state index contributed by atoms with van der Waals surface area (Å²) in [5.41, 5.74) is 12.5. The van der Waals surface area contributed by atoms with Gasteiger partial charge in [0.15, 0.2) is 0 Å². The lowest BCUT2D eigenvalue weighted by Crippen LogP contribution is -2.12. The van der Waals surface area contributed by atoms with Crippen LogP contribution in [0.15, 0.2) is 72.8 Å². The third kappa shape index (κ3) is 5.51. The van der Waals surface area contributed by atoms with Crippen molar-refractivity contribution in [3.63, 3.8) is 0 Å². The van der Waals surface area contributed by atoms with Gasteiger partial charge in [-0.3, -0.25) is 0 Å². The van der Waals surface area contributed by atoms with Gasteiger partial charge in [-0.2, -0.15) is 8.78 Å². The van der Waals surface area contributed by atoms with Crippen LogP contribution in [0.5, 0.6) is 0 Å². The average molecular weight is 551 g/mol. The minimum Gasteiger partial charge on any atom is -0.196 e. The van der Waals surface area contributed by atoms with E-state index in [0.29, 0.717) is 23.0 Å². The van der Waals surface area contributed by atoms with Gasteiger partial charge in [0, 0.05) is 11.1 Å². The molecule has 0 fully saturated rings. The quantitative estimate of drug-likeness (QED) is 0.237. The second-order valence-corrected chi connectivity index (χ2v) is 13.1. The Bertz CT molecular complexity index is 1450. The average Bonchev–Trinajstić information content (AvgIpc) is 3.18. The van der Waals surface area contributed by atoms with Crippen LogP contribution in [0.1, 0.15) is 124 Å². The van der Waals surface area contributed by atoms with E-state index in [2.05, 4.69) is 64.1 Å². The highest BCUT2D eigenvalue weighted by molar-refractivity contribution is 5.80. The topological polar surface area (TPSA) is 0 Å². The van der Waals surface area contributed by atoms with Crippen molar-refractivity contribution < 1.29 is 8.78 Å². The summed E-state index contributed by atoms with van der Waals surface area (Å²) in [4.78, 5) is 0. The summed E-state index contributed by atoms with van der Waals surface area (Å²) in [6.07, 6.45) is 2.37. The summed E-state index contributed by atoms with van der Waals surface area (Å²) in [5.74, 6) is -1.15. The van der Waals surface area contributed by atoms with Crippen LogP contribution in [-0.4, -0.2) is 0 Å². The van der Waals surface area contributed by atoms with Gasteiger partial charge >= 0.3 is 0 Å². The normalized spacial score (nSPS) is 14.5. The molecule has 0 atom stereocenters. The maximum Gasteiger partial charge on any atom is 0.299 e. The Morgan fingerprint density at radius 1 is 0.439 bits per heavy atom. The molecule has 0 spiro atoms. The lowest BCUT2D eigenvalue weighted by Gasteiger charge is -2.22. The minimum absolute atomic E-state index is 0.157. The standard InChI is InChI=1S/C20H24.C19H20F2/c1-13(2)15-7-9-19-17(11-15)5-6-18-12-16(14(3)4)8-10-20(18)19;1-11(2)13-5-7-15-16-8-6-14(12(3)4)10-18(16)19(20,21)17(15)9-13/h7-14H,5-6H2,1-4H3;5-12H,1-4H3. The number of halogens is 2. The van der Waals surface area contributed by atoms with Gasteiger partial charge in [0.1, 0.15) is 0 Å². The molecule has 0 aromatic heterocycles. The van der Waals surface area contributed by atoms with Crippen LogP contribution in [0.3, 0.4) is 0 Å².